The number of nitro groups is 1. The third-order valence-electron chi connectivity index (χ3n) is 3.99. The molecule has 0 aromatic heterocycles. The summed E-state index contributed by atoms with van der Waals surface area (Å²) in [7, 11) is 1.50. The van der Waals surface area contributed by atoms with E-state index in [4.69, 9.17) is 9.47 Å². The van der Waals surface area contributed by atoms with Gasteiger partial charge in [0.25, 0.3) is 5.69 Å². The van der Waals surface area contributed by atoms with E-state index in [0.29, 0.717) is 24.6 Å². The van der Waals surface area contributed by atoms with Crippen LogP contribution < -0.4 is 9.47 Å². The summed E-state index contributed by atoms with van der Waals surface area (Å²) in [5.41, 5.74) is 0.0243. The Balaban J connectivity index is 2.12. The molecule has 0 bridgehead atoms. The van der Waals surface area contributed by atoms with Crippen molar-refractivity contribution in [1.29, 1.82) is 0 Å². The van der Waals surface area contributed by atoms with Gasteiger partial charge in [-0.05, 0) is 26.0 Å². The van der Waals surface area contributed by atoms with Crippen LogP contribution in [0.2, 0.25) is 0 Å². The Hall–Kier alpha value is -3.10. The minimum atomic E-state index is -0.556. The van der Waals surface area contributed by atoms with Gasteiger partial charge in [0.1, 0.15) is 0 Å². The van der Waals surface area contributed by atoms with Gasteiger partial charge in [-0.3, -0.25) is 19.7 Å². The Labute approximate surface area is 150 Å². The largest absolute Gasteiger partial charge is 0.454 e. The van der Waals surface area contributed by atoms with Crippen molar-refractivity contribution in [2.24, 2.45) is 0 Å². The summed E-state index contributed by atoms with van der Waals surface area (Å²) in [5, 5.41) is 11.2. The highest BCUT2D eigenvalue weighted by Crippen LogP contribution is 2.38. The zero-order valence-electron chi connectivity index (χ0n) is 14.9. The fraction of sp³-hybridized carbons (Fsp3) is 0.412. The maximum atomic E-state index is 12.2. The number of hydrogen-bond donors (Lipinski definition) is 0. The van der Waals surface area contributed by atoms with E-state index in [1.807, 2.05) is 13.8 Å². The summed E-state index contributed by atoms with van der Waals surface area (Å²) in [6.07, 6.45) is 2.53. The number of nitrogens with zero attached hydrogens (tertiary/aromatic N) is 3. The molecule has 9 nitrogen and oxygen atoms in total. The van der Waals surface area contributed by atoms with Crippen LogP contribution in [0.3, 0.4) is 0 Å². The Morgan fingerprint density at radius 1 is 1.23 bits per heavy atom. The summed E-state index contributed by atoms with van der Waals surface area (Å²) in [6, 6.07) is 2.71. The molecule has 1 aromatic carbocycles. The lowest BCUT2D eigenvalue weighted by Gasteiger charge is -2.22. The first-order chi connectivity index (χ1) is 12.4. The van der Waals surface area contributed by atoms with Crippen LogP contribution in [0.15, 0.2) is 18.2 Å². The smallest absolute Gasteiger partial charge is 0.280 e. The quantitative estimate of drug-likeness (QED) is 0.415. The number of likely N-dealkylation sites (N-methyl/N-ethyl adjacent to an activating group) is 2. The van der Waals surface area contributed by atoms with Crippen LogP contribution in [-0.4, -0.2) is 60.0 Å². The van der Waals surface area contributed by atoms with Gasteiger partial charge in [0.15, 0.2) is 11.5 Å². The van der Waals surface area contributed by atoms with Crippen LogP contribution >= 0.6 is 0 Å². The van der Waals surface area contributed by atoms with E-state index in [1.54, 1.807) is 4.90 Å². The lowest BCUT2D eigenvalue weighted by Crippen LogP contribution is -2.40. The van der Waals surface area contributed by atoms with Crippen molar-refractivity contribution in [3.05, 3.63) is 33.9 Å². The predicted octanol–water partition coefficient (Wildman–Crippen LogP) is 1.66. The molecule has 0 atom stereocenters. The van der Waals surface area contributed by atoms with Gasteiger partial charge in [0.05, 0.1) is 23.1 Å². The minimum absolute atomic E-state index is 0.00517. The first kappa shape index (κ1) is 19.2. The Kier molecular flexibility index (Phi) is 6.16. The van der Waals surface area contributed by atoms with Crippen molar-refractivity contribution in [2.75, 3.05) is 33.5 Å². The first-order valence-electron chi connectivity index (χ1n) is 8.16. The molecule has 0 spiro atoms. The molecule has 1 aromatic rings. The molecule has 26 heavy (non-hydrogen) atoms. The van der Waals surface area contributed by atoms with Gasteiger partial charge < -0.3 is 19.3 Å². The fourth-order valence-electron chi connectivity index (χ4n) is 2.48. The molecule has 0 saturated carbocycles. The average Bonchev–Trinajstić information content (AvgIpc) is 3.06. The molecule has 1 aliphatic heterocycles. The molecule has 9 heteroatoms. The molecule has 1 aliphatic rings. The second-order valence-electron chi connectivity index (χ2n) is 5.62. The summed E-state index contributed by atoms with van der Waals surface area (Å²) in [4.78, 5) is 37.8. The van der Waals surface area contributed by atoms with E-state index in [0.717, 1.165) is 0 Å². The van der Waals surface area contributed by atoms with E-state index >= 15 is 0 Å². The highest BCUT2D eigenvalue weighted by atomic mass is 16.7. The molecule has 0 aliphatic carbocycles. The van der Waals surface area contributed by atoms with Gasteiger partial charge in [-0.15, -0.1) is 0 Å². The number of carbonyl (C=O) groups excluding carboxylic acids is 2. The predicted molar refractivity (Wildman–Crippen MR) is 93.8 cm³/mol. The van der Waals surface area contributed by atoms with E-state index in [1.165, 1.54) is 36.2 Å². The highest BCUT2D eigenvalue weighted by Gasteiger charge is 2.22. The molecule has 0 fully saturated rings. The van der Waals surface area contributed by atoms with Crippen LogP contribution in [0.5, 0.6) is 11.5 Å². The topological polar surface area (TPSA) is 102 Å². The second-order valence-corrected chi connectivity index (χ2v) is 5.62. The molecule has 2 rings (SSSR count). The van der Waals surface area contributed by atoms with Gasteiger partial charge in [-0.2, -0.15) is 0 Å². The van der Waals surface area contributed by atoms with Crippen molar-refractivity contribution in [3.8, 4) is 11.5 Å². The molecule has 2 amide bonds. The number of fused-ring (bicyclic) bond motifs is 1. The zero-order valence-corrected chi connectivity index (χ0v) is 14.9. The van der Waals surface area contributed by atoms with Crippen molar-refractivity contribution in [3.63, 3.8) is 0 Å². The SMILES string of the molecule is CCN(CC)C(=O)CN(C)C(=O)C=Cc1cc2c(cc1[N+](=O)[O-])OCO2. The van der Waals surface area contributed by atoms with E-state index < -0.39 is 10.8 Å². The normalized spacial score (nSPS) is 12.3. The van der Waals surface area contributed by atoms with Gasteiger partial charge in [0, 0.05) is 26.2 Å². The summed E-state index contributed by atoms with van der Waals surface area (Å²) in [6.45, 7) is 4.79. The number of rotatable bonds is 7. The van der Waals surface area contributed by atoms with Crippen LogP contribution in [0.25, 0.3) is 6.08 Å². The van der Waals surface area contributed by atoms with E-state index in [9.17, 15) is 19.7 Å². The molecule has 0 N–H and O–H groups in total. The molecular weight excluding hydrogens is 342 g/mol. The van der Waals surface area contributed by atoms with Crippen LogP contribution in [0.1, 0.15) is 19.4 Å². The monoisotopic (exact) mass is 363 g/mol. The maximum Gasteiger partial charge on any atom is 0.280 e. The van der Waals surface area contributed by atoms with Gasteiger partial charge in [-0.25, -0.2) is 0 Å². The van der Waals surface area contributed by atoms with Crippen LogP contribution in [0, 0.1) is 10.1 Å². The van der Waals surface area contributed by atoms with Crippen molar-refractivity contribution in [2.45, 2.75) is 13.8 Å². The molecule has 140 valence electrons. The molecule has 0 unspecified atom stereocenters. The van der Waals surface area contributed by atoms with Crippen LogP contribution in [-0.2, 0) is 9.59 Å². The number of nitro benzene ring substituents is 1. The second kappa shape index (κ2) is 8.32. The van der Waals surface area contributed by atoms with Gasteiger partial charge in [0.2, 0.25) is 18.6 Å². The average molecular weight is 363 g/mol. The van der Waals surface area contributed by atoms with Gasteiger partial charge in [-0.1, -0.05) is 0 Å². The Bertz CT molecular complexity index is 742. The maximum absolute atomic E-state index is 12.2. The lowest BCUT2D eigenvalue weighted by atomic mass is 10.1. The number of ether oxygens (including phenoxy) is 2. The third-order valence-corrected chi connectivity index (χ3v) is 3.99. The zero-order chi connectivity index (χ0) is 19.3. The molecule has 0 radical (unpaired) electrons. The van der Waals surface area contributed by atoms with Gasteiger partial charge >= 0.3 is 0 Å². The summed E-state index contributed by atoms with van der Waals surface area (Å²) >= 11 is 0. The highest BCUT2D eigenvalue weighted by molar-refractivity contribution is 5.94. The number of amides is 2. The van der Waals surface area contributed by atoms with E-state index in [2.05, 4.69) is 0 Å². The Morgan fingerprint density at radius 3 is 2.42 bits per heavy atom. The Morgan fingerprint density at radius 2 is 1.85 bits per heavy atom. The lowest BCUT2D eigenvalue weighted by molar-refractivity contribution is -0.385. The van der Waals surface area contributed by atoms with Crippen molar-refractivity contribution >= 4 is 23.6 Å². The number of hydrogen-bond acceptors (Lipinski definition) is 6. The number of benzene rings is 1. The van der Waals surface area contributed by atoms with E-state index in [-0.39, 0.29) is 30.5 Å². The van der Waals surface area contributed by atoms with Crippen molar-refractivity contribution < 1.29 is 24.0 Å². The molecular formula is C17H21N3O6. The number of carbonyl (C=O) groups is 2. The summed E-state index contributed by atoms with van der Waals surface area (Å²) < 4.78 is 10.3. The fourth-order valence-corrected chi connectivity index (χ4v) is 2.48. The van der Waals surface area contributed by atoms with Crippen LogP contribution in [0.4, 0.5) is 5.69 Å². The molecule has 1 heterocycles. The summed E-state index contributed by atoms with van der Waals surface area (Å²) in [5.74, 6) is 0.0839. The van der Waals surface area contributed by atoms with Crippen molar-refractivity contribution in [1.82, 2.24) is 9.80 Å². The standard InChI is InChI=1S/C17H21N3O6/c1-4-19(5-2)17(22)10-18(3)16(21)7-6-12-8-14-15(26-11-25-14)9-13(12)20(23)24/h6-9H,4-5,10-11H2,1-3H3. The molecule has 0 saturated heterocycles. The third kappa shape index (κ3) is 4.29. The minimum Gasteiger partial charge on any atom is -0.454 e. The first-order valence-corrected chi connectivity index (χ1v) is 8.16.